The number of carbonyl (C=O) groups excluding carboxylic acids is 1. The molecule has 1 amide bonds. The highest BCUT2D eigenvalue weighted by Gasteiger charge is 2.27. The van der Waals surface area contributed by atoms with Crippen LogP contribution < -0.4 is 15.8 Å². The number of hydrazine groups is 1. The molecule has 0 fully saturated rings. The number of aromatic nitrogens is 2. The summed E-state index contributed by atoms with van der Waals surface area (Å²) in [6.07, 6.45) is 1.25. The summed E-state index contributed by atoms with van der Waals surface area (Å²) >= 11 is 5.96. The van der Waals surface area contributed by atoms with Gasteiger partial charge in [-0.1, -0.05) is 23.7 Å². The number of anilines is 2. The lowest BCUT2D eigenvalue weighted by Crippen LogP contribution is -2.32. The summed E-state index contributed by atoms with van der Waals surface area (Å²) in [5, 5.41) is 29.5. The van der Waals surface area contributed by atoms with E-state index in [0.717, 1.165) is 6.33 Å². The Morgan fingerprint density at radius 2 is 1.86 bits per heavy atom. The quantitative estimate of drug-likeness (QED) is 0.463. The molecule has 12 heteroatoms. The van der Waals surface area contributed by atoms with Gasteiger partial charge in [-0.15, -0.1) is 0 Å². The van der Waals surface area contributed by atoms with Crippen molar-refractivity contribution in [1.82, 2.24) is 15.4 Å². The van der Waals surface area contributed by atoms with Gasteiger partial charge in [-0.05, 0) is 12.1 Å². The molecule has 0 atom stereocenters. The van der Waals surface area contributed by atoms with E-state index in [1.807, 2.05) is 12.1 Å². The summed E-state index contributed by atoms with van der Waals surface area (Å²) in [5.41, 5.74) is 4.40. The van der Waals surface area contributed by atoms with Gasteiger partial charge in [0.05, 0.1) is 40.5 Å². The Balaban J connectivity index is 2.30. The van der Waals surface area contributed by atoms with Gasteiger partial charge in [0.2, 0.25) is 11.6 Å². The molecule has 0 saturated heterocycles. The number of nitrogens with zero attached hydrogens (tertiary/aromatic N) is 6. The lowest BCUT2D eigenvalue weighted by molar-refractivity contribution is -0.383. The number of rotatable bonds is 9. The first-order chi connectivity index (χ1) is 14.0. The Morgan fingerprint density at radius 1 is 1.21 bits per heavy atom. The number of nitriles is 2. The zero-order chi connectivity index (χ0) is 21.2. The van der Waals surface area contributed by atoms with Crippen LogP contribution in [0.3, 0.4) is 0 Å². The van der Waals surface area contributed by atoms with Crippen molar-refractivity contribution in [3.63, 3.8) is 0 Å². The molecular formula is C17H15ClN8O3. The summed E-state index contributed by atoms with van der Waals surface area (Å²) in [7, 11) is 0. The summed E-state index contributed by atoms with van der Waals surface area (Å²) < 4.78 is 0. The predicted octanol–water partition coefficient (Wildman–Crippen LogP) is 2.43. The number of halogens is 1. The summed E-state index contributed by atoms with van der Waals surface area (Å²) in [4.78, 5) is 32.4. The van der Waals surface area contributed by atoms with Gasteiger partial charge < -0.3 is 4.90 Å². The van der Waals surface area contributed by atoms with Crippen LogP contribution in [0.4, 0.5) is 17.3 Å². The minimum absolute atomic E-state index is 0.0648. The molecule has 0 aliphatic rings. The molecule has 1 aromatic heterocycles. The smallest absolute Gasteiger partial charge is 0.349 e. The Labute approximate surface area is 170 Å². The second kappa shape index (κ2) is 10.4. The van der Waals surface area contributed by atoms with E-state index in [4.69, 9.17) is 22.1 Å². The average molecular weight is 415 g/mol. The van der Waals surface area contributed by atoms with Gasteiger partial charge in [-0.25, -0.2) is 9.97 Å². The molecule has 11 nitrogen and oxygen atoms in total. The number of hydrogen-bond donors (Lipinski definition) is 2. The second-order valence-corrected chi connectivity index (χ2v) is 5.92. The number of benzene rings is 1. The highest BCUT2D eigenvalue weighted by molar-refractivity contribution is 6.33. The molecule has 0 bridgehead atoms. The highest BCUT2D eigenvalue weighted by atomic mass is 35.5. The molecule has 0 aliphatic heterocycles. The van der Waals surface area contributed by atoms with Crippen molar-refractivity contribution < 1.29 is 9.72 Å². The minimum Gasteiger partial charge on any atom is -0.349 e. The largest absolute Gasteiger partial charge is 0.355 e. The summed E-state index contributed by atoms with van der Waals surface area (Å²) in [5.74, 6) is -0.930. The van der Waals surface area contributed by atoms with E-state index in [9.17, 15) is 14.9 Å². The number of nitro groups is 1. The Kier molecular flexibility index (Phi) is 7.65. The van der Waals surface area contributed by atoms with E-state index in [0.29, 0.717) is 0 Å². The van der Waals surface area contributed by atoms with Crippen molar-refractivity contribution in [1.29, 1.82) is 10.5 Å². The Hall–Kier alpha value is -3.96. The van der Waals surface area contributed by atoms with Crippen molar-refractivity contribution in [2.45, 2.75) is 12.8 Å². The van der Waals surface area contributed by atoms with Gasteiger partial charge in [-0.2, -0.15) is 10.5 Å². The molecule has 2 rings (SSSR count). The maximum Gasteiger partial charge on any atom is 0.355 e. The predicted molar refractivity (Wildman–Crippen MR) is 104 cm³/mol. The molecule has 148 valence electrons. The third-order valence-corrected chi connectivity index (χ3v) is 4.01. The zero-order valence-corrected chi connectivity index (χ0v) is 15.8. The molecule has 1 aromatic carbocycles. The van der Waals surface area contributed by atoms with Crippen molar-refractivity contribution in [2.75, 3.05) is 23.4 Å². The lowest BCUT2D eigenvalue weighted by atomic mass is 10.2. The summed E-state index contributed by atoms with van der Waals surface area (Å²) in [6.45, 7) is 0.281. The SMILES string of the molecule is N#CCCN(CCC#N)c1ncnc(NNC(=O)c2ccccc2Cl)c1[N+](=O)[O-]. The lowest BCUT2D eigenvalue weighted by Gasteiger charge is -2.21. The van der Waals surface area contributed by atoms with Crippen molar-refractivity contribution in [3.05, 3.63) is 51.3 Å². The van der Waals surface area contributed by atoms with Crippen LogP contribution in [-0.4, -0.2) is 33.9 Å². The van der Waals surface area contributed by atoms with E-state index >= 15 is 0 Å². The first kappa shape index (κ1) is 21.3. The molecular weight excluding hydrogens is 400 g/mol. The van der Waals surface area contributed by atoms with Crippen LogP contribution in [0.15, 0.2) is 30.6 Å². The van der Waals surface area contributed by atoms with Crippen LogP contribution in [0.1, 0.15) is 23.2 Å². The molecule has 0 radical (unpaired) electrons. The highest BCUT2D eigenvalue weighted by Crippen LogP contribution is 2.31. The van der Waals surface area contributed by atoms with Crippen molar-refractivity contribution >= 4 is 34.8 Å². The number of amides is 1. The van der Waals surface area contributed by atoms with Gasteiger partial charge in [-0.3, -0.25) is 25.8 Å². The van der Waals surface area contributed by atoms with Crippen LogP contribution in [0.25, 0.3) is 0 Å². The van der Waals surface area contributed by atoms with E-state index in [2.05, 4.69) is 20.8 Å². The molecule has 0 aliphatic carbocycles. The van der Waals surface area contributed by atoms with Crippen LogP contribution in [0.2, 0.25) is 5.02 Å². The van der Waals surface area contributed by atoms with E-state index in [1.54, 1.807) is 12.1 Å². The zero-order valence-electron chi connectivity index (χ0n) is 15.0. The molecule has 0 unspecified atom stereocenters. The fourth-order valence-electron chi connectivity index (χ4n) is 2.38. The van der Waals surface area contributed by atoms with Gasteiger partial charge in [0.25, 0.3) is 5.91 Å². The number of hydrogen-bond acceptors (Lipinski definition) is 9. The van der Waals surface area contributed by atoms with E-state index < -0.39 is 16.5 Å². The van der Waals surface area contributed by atoms with Crippen LogP contribution in [-0.2, 0) is 0 Å². The maximum absolute atomic E-state index is 12.3. The summed E-state index contributed by atoms with van der Waals surface area (Å²) in [6, 6.07) is 10.2. The molecule has 0 spiro atoms. The molecule has 0 saturated carbocycles. The van der Waals surface area contributed by atoms with Gasteiger partial charge in [0.1, 0.15) is 6.33 Å². The van der Waals surface area contributed by atoms with Crippen molar-refractivity contribution in [2.24, 2.45) is 0 Å². The minimum atomic E-state index is -0.703. The second-order valence-electron chi connectivity index (χ2n) is 5.51. The third kappa shape index (κ3) is 5.51. The Bertz CT molecular complexity index is 967. The first-order valence-electron chi connectivity index (χ1n) is 8.28. The van der Waals surface area contributed by atoms with Crippen LogP contribution in [0, 0.1) is 32.8 Å². The standard InChI is InChI=1S/C17H15ClN8O3/c18-13-6-2-1-5-12(13)17(27)24-23-15-14(26(28)29)16(22-11-21-15)25(9-3-7-19)10-4-8-20/h1-2,5-6,11H,3-4,9-10H2,(H,24,27)(H,21,22,23). The Morgan fingerprint density at radius 3 is 2.45 bits per heavy atom. The van der Waals surface area contributed by atoms with Gasteiger partial charge in [0.15, 0.2) is 0 Å². The van der Waals surface area contributed by atoms with E-state index in [1.165, 1.54) is 17.0 Å². The monoisotopic (exact) mass is 414 g/mol. The first-order valence-corrected chi connectivity index (χ1v) is 8.66. The van der Waals surface area contributed by atoms with Gasteiger partial charge >= 0.3 is 5.69 Å². The van der Waals surface area contributed by atoms with Crippen LogP contribution >= 0.6 is 11.6 Å². The third-order valence-electron chi connectivity index (χ3n) is 3.69. The number of nitrogens with one attached hydrogen (secondary N) is 2. The number of carbonyl (C=O) groups is 1. The van der Waals surface area contributed by atoms with E-state index in [-0.39, 0.29) is 48.2 Å². The molecule has 29 heavy (non-hydrogen) atoms. The molecule has 2 aromatic rings. The van der Waals surface area contributed by atoms with Crippen molar-refractivity contribution in [3.8, 4) is 12.1 Å². The molecule has 2 N–H and O–H groups in total. The average Bonchev–Trinajstić information content (AvgIpc) is 2.72. The fourth-order valence-corrected chi connectivity index (χ4v) is 2.60. The molecule has 1 heterocycles. The fraction of sp³-hybridized carbons (Fsp3) is 0.235. The maximum atomic E-state index is 12.3. The van der Waals surface area contributed by atoms with Gasteiger partial charge in [0, 0.05) is 13.1 Å². The van der Waals surface area contributed by atoms with Crippen LogP contribution in [0.5, 0.6) is 0 Å². The topological polar surface area (TPSA) is 161 Å². The normalized spacial score (nSPS) is 9.76.